The number of nitrogens with zero attached hydrogens (tertiary/aromatic N) is 4. The number of carbonyl (C=O) groups excluding carboxylic acids is 1. The molecule has 4 rings (SSSR count). The van der Waals surface area contributed by atoms with Crippen LogP contribution in [-0.2, 0) is 17.9 Å². The number of aromatic hydroxyl groups is 1. The van der Waals surface area contributed by atoms with Gasteiger partial charge < -0.3 is 10.4 Å². The van der Waals surface area contributed by atoms with Crippen LogP contribution in [0.15, 0.2) is 65.7 Å². The van der Waals surface area contributed by atoms with E-state index in [2.05, 4.69) is 15.3 Å². The van der Waals surface area contributed by atoms with Crippen molar-refractivity contribution in [3.63, 3.8) is 0 Å². The van der Waals surface area contributed by atoms with Crippen molar-refractivity contribution in [1.82, 2.24) is 19.1 Å². The lowest BCUT2D eigenvalue weighted by Gasteiger charge is -2.07. The third-order valence-electron chi connectivity index (χ3n) is 4.84. The second-order valence-corrected chi connectivity index (χ2v) is 6.81. The standard InChI is InChI=1S/C22H21N5O3/c1-2-26-18-8-3-4-9-19(18)27(22(26)30)11-10-20(29)25-16-13-23-21(24-14-16)15-6-5-7-17(28)12-15/h3-9,12-14,28H,2,10-11H2,1H3,(H,25,29). The summed E-state index contributed by atoms with van der Waals surface area (Å²) in [4.78, 5) is 33.5. The van der Waals surface area contributed by atoms with Crippen LogP contribution in [-0.4, -0.2) is 30.1 Å². The van der Waals surface area contributed by atoms with Crippen molar-refractivity contribution >= 4 is 22.6 Å². The molecule has 152 valence electrons. The quantitative estimate of drug-likeness (QED) is 0.515. The summed E-state index contributed by atoms with van der Waals surface area (Å²) in [7, 11) is 0. The maximum Gasteiger partial charge on any atom is 0.329 e. The van der Waals surface area contributed by atoms with E-state index in [1.54, 1.807) is 33.4 Å². The van der Waals surface area contributed by atoms with E-state index in [4.69, 9.17) is 0 Å². The fourth-order valence-electron chi connectivity index (χ4n) is 3.42. The third kappa shape index (κ3) is 3.80. The number of hydrogen-bond donors (Lipinski definition) is 2. The molecular weight excluding hydrogens is 382 g/mol. The van der Waals surface area contributed by atoms with Crippen molar-refractivity contribution < 1.29 is 9.90 Å². The predicted molar refractivity (Wildman–Crippen MR) is 114 cm³/mol. The monoisotopic (exact) mass is 403 g/mol. The first-order chi connectivity index (χ1) is 14.6. The molecule has 30 heavy (non-hydrogen) atoms. The van der Waals surface area contributed by atoms with Crippen LogP contribution in [0, 0.1) is 0 Å². The van der Waals surface area contributed by atoms with Gasteiger partial charge in [-0.05, 0) is 31.2 Å². The van der Waals surface area contributed by atoms with E-state index in [0.29, 0.717) is 23.6 Å². The van der Waals surface area contributed by atoms with Crippen LogP contribution in [0.3, 0.4) is 0 Å². The summed E-state index contributed by atoms with van der Waals surface area (Å²) in [5, 5.41) is 12.3. The zero-order valence-corrected chi connectivity index (χ0v) is 16.4. The lowest BCUT2D eigenvalue weighted by atomic mass is 10.2. The number of anilines is 1. The minimum absolute atomic E-state index is 0.120. The highest BCUT2D eigenvalue weighted by Gasteiger charge is 2.13. The maximum absolute atomic E-state index is 12.6. The second-order valence-electron chi connectivity index (χ2n) is 6.81. The molecule has 0 saturated carbocycles. The van der Waals surface area contributed by atoms with E-state index in [-0.39, 0.29) is 30.3 Å². The number of amides is 1. The molecule has 1 amide bonds. The van der Waals surface area contributed by atoms with E-state index >= 15 is 0 Å². The van der Waals surface area contributed by atoms with Gasteiger partial charge >= 0.3 is 5.69 Å². The molecule has 0 unspecified atom stereocenters. The summed E-state index contributed by atoms with van der Waals surface area (Å²) in [6, 6.07) is 14.2. The Hall–Kier alpha value is -3.94. The summed E-state index contributed by atoms with van der Waals surface area (Å²) in [5.41, 5.74) is 2.70. The van der Waals surface area contributed by atoms with Crippen LogP contribution in [0.5, 0.6) is 5.75 Å². The van der Waals surface area contributed by atoms with Gasteiger partial charge in [-0.1, -0.05) is 24.3 Å². The van der Waals surface area contributed by atoms with Crippen LogP contribution in [0.2, 0.25) is 0 Å². The van der Waals surface area contributed by atoms with Crippen molar-refractivity contribution in [2.75, 3.05) is 5.32 Å². The zero-order chi connectivity index (χ0) is 21.1. The molecule has 0 atom stereocenters. The largest absolute Gasteiger partial charge is 0.508 e. The van der Waals surface area contributed by atoms with E-state index < -0.39 is 0 Å². The fourth-order valence-corrected chi connectivity index (χ4v) is 3.42. The highest BCUT2D eigenvalue weighted by atomic mass is 16.3. The molecule has 8 nitrogen and oxygen atoms in total. The summed E-state index contributed by atoms with van der Waals surface area (Å²) in [6.07, 6.45) is 3.17. The molecule has 2 N–H and O–H groups in total. The van der Waals surface area contributed by atoms with Gasteiger partial charge in [0.2, 0.25) is 5.91 Å². The first kappa shape index (κ1) is 19.4. The lowest BCUT2D eigenvalue weighted by molar-refractivity contribution is -0.116. The molecular formula is C22H21N5O3. The summed E-state index contributed by atoms with van der Waals surface area (Å²) in [5.74, 6) is 0.347. The Bertz CT molecular complexity index is 1260. The van der Waals surface area contributed by atoms with Gasteiger partial charge in [-0.15, -0.1) is 0 Å². The van der Waals surface area contributed by atoms with Crippen LogP contribution in [0.1, 0.15) is 13.3 Å². The summed E-state index contributed by atoms with van der Waals surface area (Å²) < 4.78 is 3.32. The van der Waals surface area contributed by atoms with Gasteiger partial charge in [0.25, 0.3) is 0 Å². The van der Waals surface area contributed by atoms with Crippen molar-refractivity contribution in [2.24, 2.45) is 0 Å². The molecule has 0 radical (unpaired) electrons. The number of nitrogens with one attached hydrogen (secondary N) is 1. The molecule has 0 bridgehead atoms. The van der Waals surface area contributed by atoms with Crippen LogP contribution in [0.25, 0.3) is 22.4 Å². The van der Waals surface area contributed by atoms with Gasteiger partial charge in [0.15, 0.2) is 5.82 Å². The van der Waals surface area contributed by atoms with Crippen molar-refractivity contribution in [3.8, 4) is 17.1 Å². The SMILES string of the molecule is CCn1c(=O)n(CCC(=O)Nc2cnc(-c3cccc(O)c3)nc2)c2ccccc21. The number of imidazole rings is 1. The Labute approximate surface area is 172 Å². The number of fused-ring (bicyclic) bond motifs is 1. The van der Waals surface area contributed by atoms with Gasteiger partial charge in [0.05, 0.1) is 29.1 Å². The molecule has 4 aromatic rings. The van der Waals surface area contributed by atoms with Crippen molar-refractivity contribution in [1.29, 1.82) is 0 Å². The zero-order valence-electron chi connectivity index (χ0n) is 16.4. The number of aryl methyl sites for hydroxylation is 2. The Kier molecular flexibility index (Phi) is 5.30. The second kappa shape index (κ2) is 8.20. The topological polar surface area (TPSA) is 102 Å². The smallest absolute Gasteiger partial charge is 0.329 e. The molecule has 0 saturated heterocycles. The van der Waals surface area contributed by atoms with Gasteiger partial charge in [-0.2, -0.15) is 0 Å². The number of rotatable bonds is 6. The molecule has 0 spiro atoms. The van der Waals surface area contributed by atoms with Crippen LogP contribution < -0.4 is 11.0 Å². The minimum Gasteiger partial charge on any atom is -0.508 e. The van der Waals surface area contributed by atoms with Crippen molar-refractivity contribution in [2.45, 2.75) is 26.4 Å². The van der Waals surface area contributed by atoms with Gasteiger partial charge in [-0.3, -0.25) is 13.9 Å². The number of aromatic nitrogens is 4. The number of carbonyl (C=O) groups is 1. The summed E-state index contributed by atoms with van der Waals surface area (Å²) in [6.45, 7) is 2.77. The average Bonchev–Trinajstić information content (AvgIpc) is 3.03. The molecule has 0 aliphatic heterocycles. The van der Waals surface area contributed by atoms with Crippen LogP contribution in [0.4, 0.5) is 5.69 Å². The minimum atomic E-state index is -0.232. The Morgan fingerprint density at radius 3 is 2.40 bits per heavy atom. The first-order valence-electron chi connectivity index (χ1n) is 9.66. The number of hydrogen-bond acceptors (Lipinski definition) is 5. The normalized spacial score (nSPS) is 11.0. The highest BCUT2D eigenvalue weighted by Crippen LogP contribution is 2.20. The Morgan fingerprint density at radius 1 is 1.03 bits per heavy atom. The first-order valence-corrected chi connectivity index (χ1v) is 9.66. The van der Waals surface area contributed by atoms with Gasteiger partial charge in [0, 0.05) is 25.1 Å². The van der Waals surface area contributed by atoms with Crippen molar-refractivity contribution in [3.05, 3.63) is 71.4 Å². The average molecular weight is 403 g/mol. The number of phenols is 1. The molecule has 2 aromatic heterocycles. The highest BCUT2D eigenvalue weighted by molar-refractivity contribution is 5.90. The van der Waals surface area contributed by atoms with E-state index in [0.717, 1.165) is 11.0 Å². The molecule has 8 heteroatoms. The fraction of sp³-hybridized carbons (Fsp3) is 0.182. The van der Waals surface area contributed by atoms with Gasteiger partial charge in [0.1, 0.15) is 5.75 Å². The van der Waals surface area contributed by atoms with E-state index in [1.165, 1.54) is 12.4 Å². The number of para-hydroxylation sites is 2. The number of phenolic OH excluding ortho intramolecular Hbond substituents is 1. The molecule has 0 aliphatic carbocycles. The van der Waals surface area contributed by atoms with E-state index in [9.17, 15) is 14.7 Å². The lowest BCUT2D eigenvalue weighted by Crippen LogP contribution is -2.25. The molecule has 2 aromatic carbocycles. The number of benzene rings is 2. The molecule has 2 heterocycles. The Balaban J connectivity index is 1.44. The molecule has 0 aliphatic rings. The third-order valence-corrected chi connectivity index (χ3v) is 4.84. The van der Waals surface area contributed by atoms with Crippen LogP contribution >= 0.6 is 0 Å². The summed E-state index contributed by atoms with van der Waals surface area (Å²) >= 11 is 0. The Morgan fingerprint density at radius 2 is 1.73 bits per heavy atom. The van der Waals surface area contributed by atoms with Gasteiger partial charge in [-0.25, -0.2) is 14.8 Å². The molecule has 0 fully saturated rings. The predicted octanol–water partition coefficient (Wildman–Crippen LogP) is 3.01. The maximum atomic E-state index is 12.6. The van der Waals surface area contributed by atoms with E-state index in [1.807, 2.05) is 31.2 Å².